The van der Waals surface area contributed by atoms with Crippen molar-refractivity contribution in [3.8, 4) is 22.6 Å². The number of thiol groups is 1. The lowest BCUT2D eigenvalue weighted by Gasteiger charge is -2.28. The average molecular weight is 433 g/mol. The van der Waals surface area contributed by atoms with Gasteiger partial charge in [-0.15, -0.1) is 12.6 Å². The molecule has 1 saturated heterocycles. The van der Waals surface area contributed by atoms with Crippen LogP contribution in [0.15, 0.2) is 47.5 Å². The summed E-state index contributed by atoms with van der Waals surface area (Å²) in [5, 5.41) is 0. The fourth-order valence-electron chi connectivity index (χ4n) is 3.21. The van der Waals surface area contributed by atoms with E-state index in [9.17, 15) is 13.2 Å². The zero-order chi connectivity index (χ0) is 21.3. The van der Waals surface area contributed by atoms with E-state index in [1.165, 1.54) is 0 Å². The Hall–Kier alpha value is -2.85. The Labute approximate surface area is 176 Å². The SMILES string of the molecule is Nc1cc(C(F)(F)F)c(-c2nc(-c3cccc(S)c3)cc(N3CCOCC3)n2)cn1. The molecule has 1 aliphatic heterocycles. The summed E-state index contributed by atoms with van der Waals surface area (Å²) in [6.07, 6.45) is -3.56. The van der Waals surface area contributed by atoms with Crippen molar-refractivity contribution in [2.24, 2.45) is 0 Å². The number of benzene rings is 1. The summed E-state index contributed by atoms with van der Waals surface area (Å²) in [5.74, 6) is 0.226. The van der Waals surface area contributed by atoms with E-state index in [0.29, 0.717) is 42.7 Å². The highest BCUT2D eigenvalue weighted by atomic mass is 32.1. The van der Waals surface area contributed by atoms with Crippen molar-refractivity contribution in [1.29, 1.82) is 0 Å². The van der Waals surface area contributed by atoms with Crippen molar-refractivity contribution in [3.05, 3.63) is 48.2 Å². The number of hydrogen-bond donors (Lipinski definition) is 2. The first-order valence-corrected chi connectivity index (χ1v) is 9.60. The third-order valence-corrected chi connectivity index (χ3v) is 4.94. The summed E-state index contributed by atoms with van der Waals surface area (Å²) in [6.45, 7) is 2.18. The van der Waals surface area contributed by atoms with Crippen LogP contribution in [0.1, 0.15) is 5.56 Å². The lowest BCUT2D eigenvalue weighted by molar-refractivity contribution is -0.137. The molecule has 156 valence electrons. The highest BCUT2D eigenvalue weighted by molar-refractivity contribution is 7.80. The number of hydrogen-bond acceptors (Lipinski definition) is 7. The largest absolute Gasteiger partial charge is 0.417 e. The average Bonchev–Trinajstić information content (AvgIpc) is 2.73. The van der Waals surface area contributed by atoms with E-state index in [4.69, 9.17) is 10.5 Å². The van der Waals surface area contributed by atoms with Gasteiger partial charge in [0.25, 0.3) is 0 Å². The van der Waals surface area contributed by atoms with Crippen LogP contribution in [-0.2, 0) is 10.9 Å². The number of anilines is 2. The summed E-state index contributed by atoms with van der Waals surface area (Å²) < 4.78 is 46.4. The molecule has 2 aromatic heterocycles. The van der Waals surface area contributed by atoms with Crippen LogP contribution in [0.5, 0.6) is 0 Å². The third-order valence-electron chi connectivity index (χ3n) is 4.66. The van der Waals surface area contributed by atoms with E-state index in [1.54, 1.807) is 18.2 Å². The minimum Gasteiger partial charge on any atom is -0.384 e. The first-order valence-electron chi connectivity index (χ1n) is 9.15. The molecule has 4 rings (SSSR count). The molecule has 0 spiro atoms. The van der Waals surface area contributed by atoms with E-state index in [-0.39, 0.29) is 17.2 Å². The van der Waals surface area contributed by atoms with Crippen LogP contribution in [0.2, 0.25) is 0 Å². The number of rotatable bonds is 3. The number of alkyl halides is 3. The molecule has 1 aromatic carbocycles. The second kappa shape index (κ2) is 8.11. The molecule has 3 heterocycles. The van der Waals surface area contributed by atoms with Crippen LogP contribution in [-0.4, -0.2) is 41.3 Å². The van der Waals surface area contributed by atoms with Gasteiger partial charge in [0.1, 0.15) is 11.6 Å². The van der Waals surface area contributed by atoms with Gasteiger partial charge in [-0.1, -0.05) is 12.1 Å². The second-order valence-corrected chi connectivity index (χ2v) is 7.25. The van der Waals surface area contributed by atoms with Crippen LogP contribution in [0.25, 0.3) is 22.6 Å². The van der Waals surface area contributed by atoms with Gasteiger partial charge in [0, 0.05) is 41.4 Å². The van der Waals surface area contributed by atoms with Crippen LogP contribution in [0, 0.1) is 0 Å². The van der Waals surface area contributed by atoms with Gasteiger partial charge in [0.2, 0.25) is 0 Å². The van der Waals surface area contributed by atoms with Crippen molar-refractivity contribution in [2.75, 3.05) is 36.9 Å². The normalized spacial score (nSPS) is 14.7. The Balaban J connectivity index is 1.91. The van der Waals surface area contributed by atoms with Gasteiger partial charge >= 0.3 is 6.18 Å². The Kier molecular flexibility index (Phi) is 5.52. The van der Waals surface area contributed by atoms with E-state index in [1.807, 2.05) is 17.0 Å². The second-order valence-electron chi connectivity index (χ2n) is 6.74. The van der Waals surface area contributed by atoms with Crippen LogP contribution >= 0.6 is 12.6 Å². The predicted molar refractivity (Wildman–Crippen MR) is 110 cm³/mol. The van der Waals surface area contributed by atoms with E-state index in [0.717, 1.165) is 17.8 Å². The first-order chi connectivity index (χ1) is 14.3. The summed E-state index contributed by atoms with van der Waals surface area (Å²) in [5.41, 5.74) is 5.56. The Morgan fingerprint density at radius 2 is 1.83 bits per heavy atom. The number of halogens is 3. The number of nitrogen functional groups attached to an aromatic ring is 1. The maximum absolute atomic E-state index is 13.7. The van der Waals surface area contributed by atoms with Gasteiger partial charge in [-0.25, -0.2) is 15.0 Å². The molecule has 0 unspecified atom stereocenters. The van der Waals surface area contributed by atoms with Crippen LogP contribution < -0.4 is 10.6 Å². The molecule has 3 aromatic rings. The van der Waals surface area contributed by atoms with Crippen molar-refractivity contribution < 1.29 is 17.9 Å². The predicted octanol–water partition coefficient (Wildman–Crippen LogP) is 3.93. The van der Waals surface area contributed by atoms with Gasteiger partial charge < -0.3 is 15.4 Å². The molecule has 0 bridgehead atoms. The quantitative estimate of drug-likeness (QED) is 0.610. The van der Waals surface area contributed by atoms with Crippen LogP contribution in [0.3, 0.4) is 0 Å². The molecular weight excluding hydrogens is 415 g/mol. The molecule has 2 N–H and O–H groups in total. The number of ether oxygens (including phenoxy) is 1. The zero-order valence-corrected chi connectivity index (χ0v) is 16.6. The van der Waals surface area contributed by atoms with Gasteiger partial charge in [-0.05, 0) is 18.2 Å². The van der Waals surface area contributed by atoms with Crippen molar-refractivity contribution in [2.45, 2.75) is 11.1 Å². The Morgan fingerprint density at radius 1 is 1.07 bits per heavy atom. The molecule has 0 atom stereocenters. The van der Waals surface area contributed by atoms with Crippen molar-refractivity contribution >= 4 is 24.3 Å². The van der Waals surface area contributed by atoms with Gasteiger partial charge in [0.05, 0.1) is 24.5 Å². The fourth-order valence-corrected chi connectivity index (χ4v) is 3.43. The first kappa shape index (κ1) is 20.4. The standard InChI is InChI=1S/C20H18F3N5OS/c21-20(22,23)15-9-17(24)25-11-14(15)19-26-16(12-2-1-3-13(30)8-12)10-18(27-19)28-4-6-29-7-5-28/h1-3,8-11,30H,4-7H2,(H2,24,25). The number of pyridine rings is 1. The summed E-state index contributed by atoms with van der Waals surface area (Å²) in [6, 6.07) is 9.79. The summed E-state index contributed by atoms with van der Waals surface area (Å²) >= 11 is 4.35. The molecule has 0 radical (unpaired) electrons. The molecule has 1 aliphatic rings. The molecule has 0 amide bonds. The minimum absolute atomic E-state index is 0.0709. The van der Waals surface area contributed by atoms with E-state index < -0.39 is 11.7 Å². The minimum atomic E-state index is -4.63. The molecule has 0 saturated carbocycles. The lowest BCUT2D eigenvalue weighted by atomic mass is 10.1. The van der Waals surface area contributed by atoms with E-state index in [2.05, 4.69) is 27.6 Å². The lowest BCUT2D eigenvalue weighted by Crippen LogP contribution is -2.36. The monoisotopic (exact) mass is 433 g/mol. The molecule has 1 fully saturated rings. The van der Waals surface area contributed by atoms with Crippen LogP contribution in [0.4, 0.5) is 24.8 Å². The van der Waals surface area contributed by atoms with Crippen molar-refractivity contribution in [1.82, 2.24) is 15.0 Å². The van der Waals surface area contributed by atoms with Crippen molar-refractivity contribution in [3.63, 3.8) is 0 Å². The van der Waals surface area contributed by atoms with Gasteiger partial charge in [-0.3, -0.25) is 0 Å². The molecular formula is C20H18F3N5OS. The maximum Gasteiger partial charge on any atom is 0.417 e. The maximum atomic E-state index is 13.7. The molecule has 6 nitrogen and oxygen atoms in total. The molecule has 0 aliphatic carbocycles. The summed E-state index contributed by atoms with van der Waals surface area (Å²) in [7, 11) is 0. The third kappa shape index (κ3) is 4.34. The Bertz CT molecular complexity index is 1070. The number of aromatic nitrogens is 3. The zero-order valence-electron chi connectivity index (χ0n) is 15.7. The molecule has 30 heavy (non-hydrogen) atoms. The molecule has 10 heteroatoms. The Morgan fingerprint density at radius 3 is 2.53 bits per heavy atom. The topological polar surface area (TPSA) is 77.2 Å². The number of morpholine rings is 1. The van der Waals surface area contributed by atoms with Gasteiger partial charge in [0.15, 0.2) is 5.82 Å². The highest BCUT2D eigenvalue weighted by Crippen LogP contribution is 2.37. The smallest absolute Gasteiger partial charge is 0.384 e. The van der Waals surface area contributed by atoms with E-state index >= 15 is 0 Å². The number of nitrogens with two attached hydrogens (primary N) is 1. The fraction of sp³-hybridized carbons (Fsp3) is 0.250. The highest BCUT2D eigenvalue weighted by Gasteiger charge is 2.35. The van der Waals surface area contributed by atoms with Gasteiger partial charge in [-0.2, -0.15) is 13.2 Å². The summed E-state index contributed by atoms with van der Waals surface area (Å²) in [4.78, 5) is 15.4. The number of nitrogens with zero attached hydrogens (tertiary/aromatic N) is 4.